The summed E-state index contributed by atoms with van der Waals surface area (Å²) in [5.41, 5.74) is 6.10. The van der Waals surface area contributed by atoms with Crippen LogP contribution < -0.4 is 0 Å². The maximum absolute atomic E-state index is 13.5. The third-order valence-corrected chi connectivity index (χ3v) is 5.66. The molecule has 160 valence electrons. The van der Waals surface area contributed by atoms with Crippen molar-refractivity contribution < 1.29 is 8.78 Å². The monoisotopic (exact) mass is 432 g/mol. The fourth-order valence-electron chi connectivity index (χ4n) is 4.11. The summed E-state index contributed by atoms with van der Waals surface area (Å²) in [6.07, 6.45) is 6.74. The van der Waals surface area contributed by atoms with Gasteiger partial charge in [0, 0.05) is 43.7 Å². The lowest BCUT2D eigenvalue weighted by Gasteiger charge is -2.15. The summed E-state index contributed by atoms with van der Waals surface area (Å²) in [4.78, 5) is 22.8. The van der Waals surface area contributed by atoms with Crippen LogP contribution in [0.15, 0.2) is 49.1 Å². The molecule has 0 unspecified atom stereocenters. The third-order valence-electron chi connectivity index (χ3n) is 5.66. The number of rotatable bonds is 4. The van der Waals surface area contributed by atoms with Gasteiger partial charge in [0.2, 0.25) is 0 Å². The van der Waals surface area contributed by atoms with Crippen molar-refractivity contribution in [2.75, 3.05) is 13.1 Å². The van der Waals surface area contributed by atoms with E-state index in [0.29, 0.717) is 30.1 Å². The van der Waals surface area contributed by atoms with Gasteiger partial charge in [-0.1, -0.05) is 0 Å². The Bertz CT molecular complexity index is 1410. The maximum Gasteiger partial charge on any atom is 0.261 e. The first-order chi connectivity index (χ1) is 15.5. The minimum absolute atomic E-state index is 0.0978. The molecule has 0 saturated carbocycles. The minimum Gasteiger partial charge on any atom is -0.335 e. The average Bonchev–Trinajstić information content (AvgIpc) is 3.49. The van der Waals surface area contributed by atoms with E-state index in [0.717, 1.165) is 33.4 Å². The molecule has 1 aliphatic rings. The number of H-pyrrole nitrogens is 2. The maximum atomic E-state index is 13.5. The summed E-state index contributed by atoms with van der Waals surface area (Å²) < 4.78 is 27.0. The van der Waals surface area contributed by atoms with Crippen LogP contribution in [0.1, 0.15) is 12.0 Å². The van der Waals surface area contributed by atoms with Crippen LogP contribution in [0.3, 0.4) is 0 Å². The number of hydrogen-bond acceptors (Lipinski definition) is 6. The Morgan fingerprint density at radius 3 is 2.81 bits per heavy atom. The first kappa shape index (κ1) is 18.9. The zero-order valence-corrected chi connectivity index (χ0v) is 16.9. The number of likely N-dealkylation sites (tertiary alicyclic amines) is 1. The molecule has 6 rings (SSSR count). The van der Waals surface area contributed by atoms with E-state index in [1.165, 1.54) is 0 Å². The molecule has 5 aromatic rings. The molecule has 0 spiro atoms. The van der Waals surface area contributed by atoms with Gasteiger partial charge in [0.1, 0.15) is 5.52 Å². The molecular formula is C22H18F2N8. The molecule has 1 aliphatic heterocycles. The van der Waals surface area contributed by atoms with Gasteiger partial charge in [-0.25, -0.2) is 18.7 Å². The van der Waals surface area contributed by atoms with Crippen LogP contribution in [0.25, 0.3) is 44.8 Å². The molecule has 0 bridgehead atoms. The Kier molecular flexibility index (Phi) is 4.22. The molecule has 10 heteroatoms. The summed E-state index contributed by atoms with van der Waals surface area (Å²) in [7, 11) is 0. The lowest BCUT2D eigenvalue weighted by atomic mass is 10.1. The number of fused-ring (bicyclic) bond motifs is 2. The van der Waals surface area contributed by atoms with Crippen LogP contribution in [0.2, 0.25) is 0 Å². The number of nitrogens with zero attached hydrogens (tertiary/aromatic N) is 6. The standard InChI is InChI=1S/C22H18F2N8/c23-22(24)4-6-32(12-22)11-13-7-14(9-26-8-13)15-1-2-17-19(27-15)20(31-30-17)21-28-16-3-5-25-10-18(16)29-21/h1-3,5,7-10H,4,6,11-12H2,(H,28,29)(H,30,31). The van der Waals surface area contributed by atoms with Crippen molar-refractivity contribution in [1.29, 1.82) is 0 Å². The second-order valence-corrected chi connectivity index (χ2v) is 8.04. The van der Waals surface area contributed by atoms with Crippen LogP contribution in [-0.4, -0.2) is 59.0 Å². The van der Waals surface area contributed by atoms with Crippen molar-refractivity contribution in [3.63, 3.8) is 0 Å². The van der Waals surface area contributed by atoms with Crippen molar-refractivity contribution in [3.8, 4) is 22.8 Å². The number of aromatic amines is 2. The highest BCUT2D eigenvalue weighted by molar-refractivity contribution is 5.91. The number of nitrogens with one attached hydrogen (secondary N) is 2. The number of pyridine rings is 3. The van der Waals surface area contributed by atoms with Crippen LogP contribution in [-0.2, 0) is 6.54 Å². The molecule has 32 heavy (non-hydrogen) atoms. The molecule has 8 nitrogen and oxygen atoms in total. The normalized spacial score (nSPS) is 16.3. The summed E-state index contributed by atoms with van der Waals surface area (Å²) in [6, 6.07) is 7.57. The molecule has 6 heterocycles. The molecule has 1 fully saturated rings. The highest BCUT2D eigenvalue weighted by Crippen LogP contribution is 2.30. The van der Waals surface area contributed by atoms with Gasteiger partial charge in [0.25, 0.3) is 5.92 Å². The first-order valence-electron chi connectivity index (χ1n) is 10.2. The molecule has 2 N–H and O–H groups in total. The molecule has 0 radical (unpaired) electrons. The van der Waals surface area contributed by atoms with Crippen LogP contribution in [0, 0.1) is 0 Å². The van der Waals surface area contributed by atoms with Gasteiger partial charge >= 0.3 is 0 Å². The zero-order chi connectivity index (χ0) is 21.7. The Balaban J connectivity index is 1.34. The molecule has 1 saturated heterocycles. The highest BCUT2D eigenvalue weighted by Gasteiger charge is 2.37. The van der Waals surface area contributed by atoms with E-state index >= 15 is 0 Å². The topological polar surface area (TPSA) is 99.3 Å². The Hall–Kier alpha value is -3.79. The van der Waals surface area contributed by atoms with Crippen molar-refractivity contribution in [3.05, 3.63) is 54.6 Å². The Morgan fingerprint density at radius 2 is 1.97 bits per heavy atom. The molecule has 0 aromatic carbocycles. The first-order valence-corrected chi connectivity index (χ1v) is 10.2. The summed E-state index contributed by atoms with van der Waals surface area (Å²) in [5.74, 6) is -2.01. The van der Waals surface area contributed by atoms with Crippen LogP contribution in [0.4, 0.5) is 8.78 Å². The molecular weight excluding hydrogens is 414 g/mol. The molecule has 0 atom stereocenters. The summed E-state index contributed by atoms with van der Waals surface area (Å²) in [5, 5.41) is 7.40. The third kappa shape index (κ3) is 3.38. The zero-order valence-electron chi connectivity index (χ0n) is 16.9. The summed E-state index contributed by atoms with van der Waals surface area (Å²) in [6.45, 7) is 0.600. The lowest BCUT2D eigenvalue weighted by Crippen LogP contribution is -2.24. The molecule has 0 aliphatic carbocycles. The largest absolute Gasteiger partial charge is 0.335 e. The Labute approximate surface area is 180 Å². The highest BCUT2D eigenvalue weighted by atomic mass is 19.3. The number of alkyl halides is 2. The van der Waals surface area contributed by atoms with E-state index < -0.39 is 5.92 Å². The predicted molar refractivity (Wildman–Crippen MR) is 115 cm³/mol. The van der Waals surface area contributed by atoms with Gasteiger partial charge in [-0.15, -0.1) is 0 Å². The van der Waals surface area contributed by atoms with Gasteiger partial charge in [0.05, 0.1) is 35.0 Å². The smallest absolute Gasteiger partial charge is 0.261 e. The Morgan fingerprint density at radius 1 is 1.03 bits per heavy atom. The van der Waals surface area contributed by atoms with Crippen molar-refractivity contribution in [2.24, 2.45) is 0 Å². The van der Waals surface area contributed by atoms with E-state index in [-0.39, 0.29) is 13.0 Å². The quantitative estimate of drug-likeness (QED) is 0.448. The van der Waals surface area contributed by atoms with E-state index in [9.17, 15) is 8.78 Å². The number of halogens is 2. The fourth-order valence-corrected chi connectivity index (χ4v) is 4.11. The van der Waals surface area contributed by atoms with E-state index in [1.807, 2.05) is 24.3 Å². The van der Waals surface area contributed by atoms with E-state index in [2.05, 4.69) is 30.1 Å². The van der Waals surface area contributed by atoms with Crippen molar-refractivity contribution in [1.82, 2.24) is 40.0 Å². The molecule has 5 aromatic heterocycles. The SMILES string of the molecule is FC1(F)CCN(Cc2cncc(-c3ccc4[nH]nc(-c5nc6ccncc6[nH]5)c4n3)c2)C1. The minimum atomic E-state index is -2.61. The predicted octanol–water partition coefficient (Wildman–Crippen LogP) is 3.80. The van der Waals surface area contributed by atoms with Gasteiger partial charge in [-0.3, -0.25) is 20.0 Å². The van der Waals surface area contributed by atoms with Crippen LogP contribution in [0.5, 0.6) is 0 Å². The lowest BCUT2D eigenvalue weighted by molar-refractivity contribution is 0.0115. The van der Waals surface area contributed by atoms with Gasteiger partial charge in [-0.2, -0.15) is 5.10 Å². The molecule has 0 amide bonds. The number of aromatic nitrogens is 7. The van der Waals surface area contributed by atoms with Crippen molar-refractivity contribution >= 4 is 22.1 Å². The van der Waals surface area contributed by atoms with Gasteiger partial charge in [-0.05, 0) is 29.8 Å². The van der Waals surface area contributed by atoms with Crippen molar-refractivity contribution in [2.45, 2.75) is 18.9 Å². The number of hydrogen-bond donors (Lipinski definition) is 2. The average molecular weight is 432 g/mol. The van der Waals surface area contributed by atoms with E-state index in [1.54, 1.807) is 29.7 Å². The van der Waals surface area contributed by atoms with E-state index in [4.69, 9.17) is 4.98 Å². The second kappa shape index (κ2) is 7.13. The summed E-state index contributed by atoms with van der Waals surface area (Å²) >= 11 is 0. The van der Waals surface area contributed by atoms with Gasteiger partial charge in [0.15, 0.2) is 11.5 Å². The fraction of sp³-hybridized carbons (Fsp3) is 0.227. The van der Waals surface area contributed by atoms with Crippen LogP contribution >= 0.6 is 0 Å². The van der Waals surface area contributed by atoms with Gasteiger partial charge < -0.3 is 4.98 Å². The number of imidazole rings is 1. The second-order valence-electron chi connectivity index (χ2n) is 8.04.